The number of fused-ring (bicyclic) bond motifs is 1. The van der Waals surface area contributed by atoms with Crippen molar-refractivity contribution < 1.29 is 14.1 Å². The predicted molar refractivity (Wildman–Crippen MR) is 116 cm³/mol. The maximum absolute atomic E-state index is 13.2. The highest BCUT2D eigenvalue weighted by molar-refractivity contribution is 6.09. The number of ether oxygens (including phenoxy) is 1. The van der Waals surface area contributed by atoms with Crippen LogP contribution < -0.4 is 10.1 Å². The highest BCUT2D eigenvalue weighted by atomic mass is 16.5. The number of hydrogen-bond donors (Lipinski definition) is 1. The van der Waals surface area contributed by atoms with E-state index >= 15 is 0 Å². The van der Waals surface area contributed by atoms with Gasteiger partial charge in [-0.05, 0) is 58.0 Å². The minimum Gasteiger partial charge on any atom is -0.497 e. The lowest BCUT2D eigenvalue weighted by Gasteiger charge is -2.29. The molecule has 1 aliphatic rings. The second-order valence-electron chi connectivity index (χ2n) is 7.99. The Bertz CT molecular complexity index is 1040. The third kappa shape index (κ3) is 4.31. The average molecular weight is 409 g/mol. The summed E-state index contributed by atoms with van der Waals surface area (Å²) in [4.78, 5) is 20.1. The van der Waals surface area contributed by atoms with E-state index in [4.69, 9.17) is 9.26 Å². The second-order valence-corrected chi connectivity index (χ2v) is 7.99. The first-order valence-corrected chi connectivity index (χ1v) is 10.5. The normalized spacial score (nSPS) is 15.8. The standard InChI is InChI=1S/C23H28N4O3/c1-15-12-19(22(28)24-16(2)14-27-10-5-4-6-11-27)20-21(26-30-23(20)25-15)17-8-7-9-18(13-17)29-3/h7-9,12-13,16H,4-6,10-11,14H2,1-3H3,(H,24,28)/t16-/m1/s1. The summed E-state index contributed by atoms with van der Waals surface area (Å²) in [5.41, 5.74) is 3.01. The smallest absolute Gasteiger partial charge is 0.259 e. The number of nitrogens with zero attached hydrogens (tertiary/aromatic N) is 3. The second kappa shape index (κ2) is 8.83. The minimum absolute atomic E-state index is 0.0410. The lowest BCUT2D eigenvalue weighted by atomic mass is 10.0. The maximum atomic E-state index is 13.2. The molecule has 3 aromatic rings. The molecule has 1 amide bonds. The summed E-state index contributed by atoms with van der Waals surface area (Å²) in [5.74, 6) is 0.576. The van der Waals surface area contributed by atoms with Crippen molar-refractivity contribution in [3.63, 3.8) is 0 Å². The lowest BCUT2D eigenvalue weighted by molar-refractivity contribution is 0.0927. The molecule has 0 unspecified atom stereocenters. The van der Waals surface area contributed by atoms with Crippen LogP contribution in [0.5, 0.6) is 5.75 Å². The molecule has 0 bridgehead atoms. The van der Waals surface area contributed by atoms with Crippen LogP contribution in [0, 0.1) is 6.92 Å². The Morgan fingerprint density at radius 3 is 2.83 bits per heavy atom. The van der Waals surface area contributed by atoms with E-state index in [2.05, 4.69) is 20.4 Å². The molecule has 0 spiro atoms. The monoisotopic (exact) mass is 408 g/mol. The molecule has 1 aromatic carbocycles. The van der Waals surface area contributed by atoms with Gasteiger partial charge in [-0.3, -0.25) is 4.79 Å². The number of aromatic nitrogens is 2. The fourth-order valence-corrected chi connectivity index (χ4v) is 4.10. The number of likely N-dealkylation sites (tertiary alicyclic amines) is 1. The zero-order valence-corrected chi connectivity index (χ0v) is 17.8. The predicted octanol–water partition coefficient (Wildman–Crippen LogP) is 3.81. The fraction of sp³-hybridized carbons (Fsp3) is 0.435. The van der Waals surface area contributed by atoms with E-state index < -0.39 is 0 Å². The van der Waals surface area contributed by atoms with Crippen LogP contribution in [0.15, 0.2) is 34.9 Å². The van der Waals surface area contributed by atoms with E-state index in [0.717, 1.165) is 25.2 Å². The first-order valence-electron chi connectivity index (χ1n) is 10.5. The topological polar surface area (TPSA) is 80.5 Å². The van der Waals surface area contributed by atoms with Gasteiger partial charge >= 0.3 is 0 Å². The summed E-state index contributed by atoms with van der Waals surface area (Å²) in [5, 5.41) is 7.99. The Hall–Kier alpha value is -2.93. The Labute approximate surface area is 176 Å². The average Bonchev–Trinajstić information content (AvgIpc) is 3.17. The van der Waals surface area contributed by atoms with E-state index in [1.807, 2.05) is 38.1 Å². The van der Waals surface area contributed by atoms with E-state index in [0.29, 0.717) is 33.8 Å². The van der Waals surface area contributed by atoms with Crippen molar-refractivity contribution in [2.24, 2.45) is 0 Å². The molecule has 1 fully saturated rings. The Balaban J connectivity index is 1.64. The van der Waals surface area contributed by atoms with Gasteiger partial charge in [-0.1, -0.05) is 23.7 Å². The molecule has 0 saturated carbocycles. The van der Waals surface area contributed by atoms with Gasteiger partial charge in [-0.25, -0.2) is 4.98 Å². The van der Waals surface area contributed by atoms with Gasteiger partial charge < -0.3 is 19.5 Å². The molecule has 1 aliphatic heterocycles. The molecule has 7 heteroatoms. The summed E-state index contributed by atoms with van der Waals surface area (Å²) in [6.45, 7) is 6.95. The lowest BCUT2D eigenvalue weighted by Crippen LogP contribution is -2.43. The molecule has 3 heterocycles. The molecular formula is C23H28N4O3. The number of aryl methyl sites for hydroxylation is 1. The van der Waals surface area contributed by atoms with Crippen molar-refractivity contribution >= 4 is 17.0 Å². The molecule has 30 heavy (non-hydrogen) atoms. The number of amides is 1. The van der Waals surface area contributed by atoms with Crippen molar-refractivity contribution in [3.05, 3.63) is 41.6 Å². The van der Waals surface area contributed by atoms with Crippen LogP contribution in [0.1, 0.15) is 42.2 Å². The van der Waals surface area contributed by atoms with Crippen molar-refractivity contribution in [2.45, 2.75) is 39.2 Å². The van der Waals surface area contributed by atoms with E-state index in [-0.39, 0.29) is 11.9 Å². The van der Waals surface area contributed by atoms with Crippen LogP contribution in [0.25, 0.3) is 22.4 Å². The first kappa shape index (κ1) is 20.3. The zero-order valence-electron chi connectivity index (χ0n) is 17.8. The summed E-state index contributed by atoms with van der Waals surface area (Å²) in [7, 11) is 1.62. The summed E-state index contributed by atoms with van der Waals surface area (Å²) >= 11 is 0. The molecule has 0 radical (unpaired) electrons. The highest BCUT2D eigenvalue weighted by Gasteiger charge is 2.23. The largest absolute Gasteiger partial charge is 0.497 e. The number of carbonyl (C=O) groups excluding carboxylic acids is 1. The van der Waals surface area contributed by atoms with Crippen LogP contribution in [0.3, 0.4) is 0 Å². The Morgan fingerprint density at radius 1 is 1.27 bits per heavy atom. The van der Waals surface area contributed by atoms with Gasteiger partial charge in [0.15, 0.2) is 0 Å². The van der Waals surface area contributed by atoms with Gasteiger partial charge in [0.2, 0.25) is 0 Å². The molecule has 4 rings (SSSR count). The molecular weight excluding hydrogens is 380 g/mol. The number of benzene rings is 1. The van der Waals surface area contributed by atoms with Gasteiger partial charge in [0.05, 0.1) is 18.1 Å². The molecule has 1 atom stereocenters. The van der Waals surface area contributed by atoms with Gasteiger partial charge in [0.1, 0.15) is 11.4 Å². The van der Waals surface area contributed by atoms with Crippen LogP contribution >= 0.6 is 0 Å². The van der Waals surface area contributed by atoms with Crippen LogP contribution in [0.2, 0.25) is 0 Å². The molecule has 2 aromatic heterocycles. The Kier molecular flexibility index (Phi) is 5.99. The van der Waals surface area contributed by atoms with Crippen LogP contribution in [0.4, 0.5) is 0 Å². The maximum Gasteiger partial charge on any atom is 0.259 e. The number of carbonyl (C=O) groups is 1. The number of rotatable bonds is 6. The number of pyridine rings is 1. The highest BCUT2D eigenvalue weighted by Crippen LogP contribution is 2.32. The van der Waals surface area contributed by atoms with Gasteiger partial charge in [-0.2, -0.15) is 0 Å². The zero-order chi connectivity index (χ0) is 21.1. The fourth-order valence-electron chi connectivity index (χ4n) is 4.10. The van der Waals surface area contributed by atoms with E-state index in [1.165, 1.54) is 19.3 Å². The van der Waals surface area contributed by atoms with Crippen molar-refractivity contribution in [3.8, 4) is 17.0 Å². The van der Waals surface area contributed by atoms with Crippen molar-refractivity contribution in [1.82, 2.24) is 20.4 Å². The molecule has 0 aliphatic carbocycles. The van der Waals surface area contributed by atoms with E-state index in [1.54, 1.807) is 13.2 Å². The van der Waals surface area contributed by atoms with Gasteiger partial charge in [-0.15, -0.1) is 0 Å². The molecule has 1 N–H and O–H groups in total. The number of piperidine rings is 1. The molecule has 7 nitrogen and oxygen atoms in total. The molecule has 1 saturated heterocycles. The summed E-state index contributed by atoms with van der Waals surface area (Å²) in [6.07, 6.45) is 3.76. The summed E-state index contributed by atoms with van der Waals surface area (Å²) in [6, 6.07) is 9.38. The Morgan fingerprint density at radius 2 is 2.07 bits per heavy atom. The van der Waals surface area contributed by atoms with Crippen LogP contribution in [-0.2, 0) is 0 Å². The van der Waals surface area contributed by atoms with Crippen molar-refractivity contribution in [2.75, 3.05) is 26.7 Å². The van der Waals surface area contributed by atoms with Gasteiger partial charge in [0, 0.05) is 23.8 Å². The van der Waals surface area contributed by atoms with Gasteiger partial charge in [0.25, 0.3) is 11.6 Å². The van der Waals surface area contributed by atoms with Crippen molar-refractivity contribution in [1.29, 1.82) is 0 Å². The third-order valence-corrected chi connectivity index (χ3v) is 5.52. The number of methoxy groups -OCH3 is 1. The molecule has 158 valence electrons. The van der Waals surface area contributed by atoms with Crippen LogP contribution in [-0.4, -0.2) is 53.7 Å². The number of hydrogen-bond acceptors (Lipinski definition) is 6. The number of nitrogens with one attached hydrogen (secondary N) is 1. The first-order chi connectivity index (χ1) is 14.5. The summed E-state index contributed by atoms with van der Waals surface area (Å²) < 4.78 is 10.8. The minimum atomic E-state index is -0.137. The quantitative estimate of drug-likeness (QED) is 0.668. The van der Waals surface area contributed by atoms with E-state index in [9.17, 15) is 4.79 Å². The third-order valence-electron chi connectivity index (χ3n) is 5.52. The SMILES string of the molecule is COc1cccc(-c2noc3nc(C)cc(C(=O)N[C@H](C)CN4CCCCC4)c23)c1.